The first-order valence-corrected chi connectivity index (χ1v) is 8.99. The Hall–Kier alpha value is -3.11. The summed E-state index contributed by atoms with van der Waals surface area (Å²) in [5.74, 6) is 1.47. The monoisotopic (exact) mass is 376 g/mol. The van der Waals surface area contributed by atoms with E-state index < -0.39 is 0 Å². The number of ketones is 1. The van der Waals surface area contributed by atoms with Crippen LogP contribution in [0.25, 0.3) is 11.0 Å². The molecule has 4 aromatic rings. The fourth-order valence-corrected chi connectivity index (χ4v) is 3.07. The van der Waals surface area contributed by atoms with Crippen molar-refractivity contribution in [2.75, 3.05) is 0 Å². The summed E-state index contributed by atoms with van der Waals surface area (Å²) in [4.78, 5) is 17.4. The lowest BCUT2D eigenvalue weighted by molar-refractivity contribution is 0.0971. The third-order valence-electron chi connectivity index (χ3n) is 4.31. The average molecular weight is 377 g/mol. The van der Waals surface area contributed by atoms with Crippen LogP contribution in [-0.4, -0.2) is 15.3 Å². The van der Waals surface area contributed by atoms with Crippen molar-refractivity contribution >= 4 is 28.4 Å². The minimum absolute atomic E-state index is 0.00391. The lowest BCUT2D eigenvalue weighted by atomic mass is 10.1. The Kier molecular flexibility index (Phi) is 4.90. The molecule has 0 bridgehead atoms. The van der Waals surface area contributed by atoms with E-state index in [2.05, 4.69) is 4.98 Å². The molecule has 1 heterocycles. The maximum atomic E-state index is 12.8. The first-order chi connectivity index (χ1) is 13.2. The number of para-hydroxylation sites is 3. The van der Waals surface area contributed by atoms with E-state index in [-0.39, 0.29) is 18.9 Å². The van der Waals surface area contributed by atoms with E-state index in [1.165, 1.54) is 0 Å². The smallest absolute Gasteiger partial charge is 0.182 e. The minimum atomic E-state index is -0.00391. The third-order valence-corrected chi connectivity index (χ3v) is 4.56. The fraction of sp³-hybridized carbons (Fsp3) is 0.0909. The molecular weight excluding hydrogens is 360 g/mol. The topological polar surface area (TPSA) is 44.1 Å². The van der Waals surface area contributed by atoms with E-state index in [1.54, 1.807) is 24.3 Å². The van der Waals surface area contributed by atoms with Gasteiger partial charge in [0.05, 0.1) is 17.6 Å². The fourth-order valence-electron chi connectivity index (χ4n) is 2.95. The van der Waals surface area contributed by atoms with Crippen LogP contribution in [0.15, 0.2) is 78.9 Å². The molecule has 0 fully saturated rings. The Balaban J connectivity index is 1.63. The second-order valence-corrected chi connectivity index (χ2v) is 6.57. The van der Waals surface area contributed by atoms with Crippen molar-refractivity contribution < 1.29 is 9.53 Å². The van der Waals surface area contributed by atoms with Gasteiger partial charge < -0.3 is 9.30 Å². The molecule has 0 atom stereocenters. The van der Waals surface area contributed by atoms with Crippen LogP contribution in [0.5, 0.6) is 5.75 Å². The van der Waals surface area contributed by atoms with Gasteiger partial charge in [-0.1, -0.05) is 41.9 Å². The van der Waals surface area contributed by atoms with Gasteiger partial charge in [-0.15, -0.1) is 0 Å². The number of halogens is 1. The van der Waals surface area contributed by atoms with Crippen LogP contribution in [-0.2, 0) is 13.2 Å². The summed E-state index contributed by atoms with van der Waals surface area (Å²) >= 11 is 5.92. The summed E-state index contributed by atoms with van der Waals surface area (Å²) in [6.45, 7) is 0.474. The van der Waals surface area contributed by atoms with Gasteiger partial charge >= 0.3 is 0 Å². The first kappa shape index (κ1) is 17.3. The largest absolute Gasteiger partial charge is 0.486 e. The molecule has 0 amide bonds. The third kappa shape index (κ3) is 3.86. The Labute approximate surface area is 162 Å². The van der Waals surface area contributed by atoms with Crippen LogP contribution in [0.2, 0.25) is 5.02 Å². The van der Waals surface area contributed by atoms with Gasteiger partial charge in [-0.2, -0.15) is 0 Å². The van der Waals surface area contributed by atoms with Crippen molar-refractivity contribution in [3.8, 4) is 5.75 Å². The Morgan fingerprint density at radius 2 is 1.63 bits per heavy atom. The summed E-state index contributed by atoms with van der Waals surface area (Å²) in [5, 5.41) is 0.608. The number of imidazole rings is 1. The molecule has 0 saturated carbocycles. The summed E-state index contributed by atoms with van der Waals surface area (Å²) in [5.41, 5.74) is 2.37. The molecule has 0 radical (unpaired) electrons. The Morgan fingerprint density at radius 3 is 2.41 bits per heavy atom. The van der Waals surface area contributed by atoms with Crippen molar-refractivity contribution in [2.45, 2.75) is 13.2 Å². The van der Waals surface area contributed by atoms with E-state index in [0.717, 1.165) is 16.8 Å². The van der Waals surface area contributed by atoms with Crippen LogP contribution in [0.3, 0.4) is 0 Å². The SMILES string of the molecule is O=C(Cn1c(COc2ccccc2)nc2ccccc21)c1ccc(Cl)cc1. The van der Waals surface area contributed by atoms with E-state index in [1.807, 2.05) is 59.2 Å². The average Bonchev–Trinajstić information content (AvgIpc) is 3.05. The van der Waals surface area contributed by atoms with Crippen LogP contribution in [0, 0.1) is 0 Å². The molecule has 0 spiro atoms. The molecule has 0 N–H and O–H groups in total. The first-order valence-electron chi connectivity index (χ1n) is 8.61. The lowest BCUT2D eigenvalue weighted by Gasteiger charge is -2.10. The molecule has 134 valence electrons. The summed E-state index contributed by atoms with van der Waals surface area (Å²) in [6.07, 6.45) is 0. The number of nitrogens with zero attached hydrogens (tertiary/aromatic N) is 2. The van der Waals surface area contributed by atoms with Gasteiger partial charge in [0.1, 0.15) is 18.2 Å². The minimum Gasteiger partial charge on any atom is -0.486 e. The molecule has 0 aliphatic heterocycles. The number of carbonyl (C=O) groups is 1. The highest BCUT2D eigenvalue weighted by Crippen LogP contribution is 2.19. The normalized spacial score (nSPS) is 10.9. The zero-order valence-corrected chi connectivity index (χ0v) is 15.3. The predicted octanol–water partition coefficient (Wildman–Crippen LogP) is 5.15. The van der Waals surface area contributed by atoms with Gasteiger partial charge in [0.15, 0.2) is 5.78 Å². The number of benzene rings is 3. The van der Waals surface area contributed by atoms with Crippen LogP contribution < -0.4 is 4.74 Å². The molecule has 0 unspecified atom stereocenters. The van der Waals surface area contributed by atoms with Gasteiger partial charge in [-0.3, -0.25) is 4.79 Å². The maximum absolute atomic E-state index is 12.8. The summed E-state index contributed by atoms with van der Waals surface area (Å²) in [6, 6.07) is 24.3. The number of aromatic nitrogens is 2. The number of fused-ring (bicyclic) bond motifs is 1. The van der Waals surface area contributed by atoms with Gasteiger partial charge in [-0.25, -0.2) is 4.98 Å². The van der Waals surface area contributed by atoms with Crippen LogP contribution in [0.4, 0.5) is 0 Å². The molecule has 0 aliphatic carbocycles. The Morgan fingerprint density at radius 1 is 0.926 bits per heavy atom. The summed E-state index contributed by atoms with van der Waals surface area (Å²) in [7, 11) is 0. The van der Waals surface area contributed by atoms with E-state index >= 15 is 0 Å². The lowest BCUT2D eigenvalue weighted by Crippen LogP contribution is -2.14. The number of carbonyl (C=O) groups excluding carboxylic acids is 1. The molecule has 0 saturated heterocycles. The second-order valence-electron chi connectivity index (χ2n) is 6.13. The zero-order chi connectivity index (χ0) is 18.6. The zero-order valence-electron chi connectivity index (χ0n) is 14.5. The molecule has 0 aliphatic rings. The number of hydrogen-bond acceptors (Lipinski definition) is 3. The standard InChI is InChI=1S/C22H17ClN2O2/c23-17-12-10-16(11-13-17)21(26)14-25-20-9-5-4-8-19(20)24-22(25)15-27-18-6-2-1-3-7-18/h1-13H,14-15H2. The van der Waals surface area contributed by atoms with E-state index in [4.69, 9.17) is 16.3 Å². The van der Waals surface area contributed by atoms with E-state index in [0.29, 0.717) is 16.4 Å². The Bertz CT molecular complexity index is 1070. The second kappa shape index (κ2) is 7.64. The predicted molar refractivity (Wildman–Crippen MR) is 106 cm³/mol. The number of ether oxygens (including phenoxy) is 1. The number of Topliss-reactive ketones (excluding diaryl/α,β-unsaturated/α-hetero) is 1. The molecule has 4 rings (SSSR count). The maximum Gasteiger partial charge on any atom is 0.182 e. The quantitative estimate of drug-likeness (QED) is 0.437. The van der Waals surface area contributed by atoms with Crippen LogP contribution in [0.1, 0.15) is 16.2 Å². The van der Waals surface area contributed by atoms with Crippen molar-refractivity contribution in [3.63, 3.8) is 0 Å². The highest BCUT2D eigenvalue weighted by Gasteiger charge is 2.15. The van der Waals surface area contributed by atoms with Gasteiger partial charge in [0, 0.05) is 10.6 Å². The molecule has 27 heavy (non-hydrogen) atoms. The molecule has 3 aromatic carbocycles. The van der Waals surface area contributed by atoms with Crippen molar-refractivity contribution in [1.82, 2.24) is 9.55 Å². The van der Waals surface area contributed by atoms with Crippen molar-refractivity contribution in [1.29, 1.82) is 0 Å². The van der Waals surface area contributed by atoms with Crippen molar-refractivity contribution in [3.05, 3.63) is 95.3 Å². The van der Waals surface area contributed by atoms with Gasteiger partial charge in [0.2, 0.25) is 0 Å². The molecule has 5 heteroatoms. The van der Waals surface area contributed by atoms with E-state index in [9.17, 15) is 4.79 Å². The van der Waals surface area contributed by atoms with Gasteiger partial charge in [0.25, 0.3) is 0 Å². The van der Waals surface area contributed by atoms with Crippen LogP contribution >= 0.6 is 11.6 Å². The number of hydrogen-bond donors (Lipinski definition) is 0. The van der Waals surface area contributed by atoms with Gasteiger partial charge in [-0.05, 0) is 48.5 Å². The molecule has 4 nitrogen and oxygen atoms in total. The highest BCUT2D eigenvalue weighted by molar-refractivity contribution is 6.30. The molecular formula is C22H17ClN2O2. The highest BCUT2D eigenvalue weighted by atomic mass is 35.5. The summed E-state index contributed by atoms with van der Waals surface area (Å²) < 4.78 is 7.77. The molecule has 1 aromatic heterocycles. The number of rotatable bonds is 6. The van der Waals surface area contributed by atoms with Crippen molar-refractivity contribution in [2.24, 2.45) is 0 Å².